The number of nitrogens with one attached hydrogen (secondary N) is 5. The van der Waals surface area contributed by atoms with E-state index in [1.54, 1.807) is 26.0 Å². The van der Waals surface area contributed by atoms with Gasteiger partial charge in [-0.15, -0.1) is 18.1 Å². The van der Waals surface area contributed by atoms with Gasteiger partial charge in [0.25, 0.3) is 0 Å². The fraction of sp³-hybridized carbons (Fsp3) is 0.488. The number of nitrogens with zero attached hydrogens (tertiary/aromatic N) is 11. The minimum Gasteiger partial charge on any atom is -0.438 e. The lowest BCUT2D eigenvalue weighted by molar-refractivity contribution is -0.131. The van der Waals surface area contributed by atoms with Gasteiger partial charge in [-0.25, -0.2) is 43.9 Å². The van der Waals surface area contributed by atoms with Crippen LogP contribution in [0.25, 0.3) is 32.8 Å². The molecule has 4 aromatic heterocycles. The van der Waals surface area contributed by atoms with Crippen molar-refractivity contribution in [1.82, 2.24) is 60.3 Å². The molecular weight excluding hydrogens is 1060 g/mol. The van der Waals surface area contributed by atoms with E-state index in [1.807, 2.05) is 0 Å². The van der Waals surface area contributed by atoms with Gasteiger partial charge >= 0.3 is 28.6 Å². The maximum absolute atomic E-state index is 16.2. The number of aromatic nitrogens is 8. The Morgan fingerprint density at radius 1 is 0.844 bits per heavy atom. The second-order valence-corrected chi connectivity index (χ2v) is 19.3. The number of ether oxygens (including phenoxy) is 3. The Bertz CT molecular complexity index is 3080. The smallest absolute Gasteiger partial charge is 0.438 e. The van der Waals surface area contributed by atoms with Crippen molar-refractivity contribution in [2.45, 2.75) is 94.5 Å². The molecule has 0 spiro atoms. The highest BCUT2D eigenvalue weighted by Crippen LogP contribution is 2.46. The van der Waals surface area contributed by atoms with E-state index in [1.165, 1.54) is 33.9 Å². The largest absolute Gasteiger partial charge is 0.698 e. The molecule has 3 aliphatic heterocycles. The zero-order chi connectivity index (χ0) is 54.9. The molecule has 8 rings (SSSR count). The Morgan fingerprint density at radius 3 is 2.05 bits per heavy atom. The van der Waals surface area contributed by atoms with Crippen molar-refractivity contribution in [1.29, 1.82) is 0 Å². The van der Waals surface area contributed by atoms with Crippen molar-refractivity contribution in [2.24, 2.45) is 16.8 Å². The molecule has 33 nitrogen and oxygen atoms in total. The average molecular weight is 1110 g/mol. The Labute approximate surface area is 435 Å². The second kappa shape index (κ2) is 24.8. The number of rotatable bonds is 17. The molecule has 0 bridgehead atoms. The van der Waals surface area contributed by atoms with Crippen molar-refractivity contribution in [2.75, 3.05) is 43.1 Å². The van der Waals surface area contributed by atoms with Gasteiger partial charge in [0.2, 0.25) is 17.7 Å². The Kier molecular flexibility index (Phi) is 17.8. The summed E-state index contributed by atoms with van der Waals surface area (Å²) in [7, 11) is -6.30. The number of nitrogens with two attached hydrogens (primary N) is 3. The molecule has 12 atom stereocenters. The topological polar surface area (TPSA) is 458 Å². The molecule has 3 fully saturated rings. The summed E-state index contributed by atoms with van der Waals surface area (Å²) in [6.45, 7) is 1.47. The van der Waals surface area contributed by atoms with E-state index < -0.39 is 133 Å². The van der Waals surface area contributed by atoms with E-state index in [-0.39, 0.29) is 65.6 Å². The van der Waals surface area contributed by atoms with Gasteiger partial charge in [0.05, 0.1) is 12.7 Å². The summed E-state index contributed by atoms with van der Waals surface area (Å²) < 4.78 is 86.6. The minimum absolute atomic E-state index is 0.00742. The van der Waals surface area contributed by atoms with Crippen molar-refractivity contribution < 1.29 is 69.8 Å². The summed E-state index contributed by atoms with van der Waals surface area (Å²) in [5.74, 6) is -2.45. The Balaban J connectivity index is 0.942. The van der Waals surface area contributed by atoms with Crippen LogP contribution < -0.4 is 43.8 Å². The van der Waals surface area contributed by atoms with Gasteiger partial charge in [0, 0.05) is 32.8 Å². The number of alkyl carbamates (subject to hydrolysis) is 1. The van der Waals surface area contributed by atoms with E-state index >= 15 is 4.39 Å². The molecule has 408 valence electrons. The number of alkyl halides is 1. The molecule has 3 aliphatic rings. The van der Waals surface area contributed by atoms with Gasteiger partial charge in [-0.05, 0) is 42.0 Å². The van der Waals surface area contributed by atoms with Crippen LogP contribution in [0.15, 0.2) is 54.7 Å². The molecule has 11 N–H and O–H groups in total. The van der Waals surface area contributed by atoms with Crippen LogP contribution in [-0.2, 0) is 62.4 Å². The van der Waals surface area contributed by atoms with Gasteiger partial charge in [0.15, 0.2) is 59.9 Å². The number of fused-ring (bicyclic) bond motifs is 4. The number of nitrogen functional groups attached to an aromatic ring is 2. The minimum atomic E-state index is -3.16. The van der Waals surface area contributed by atoms with Gasteiger partial charge in [-0.2, -0.15) is 0 Å². The number of amides is 6. The number of carbonyl (C=O) groups is 5. The fourth-order valence-electron chi connectivity index (χ4n) is 8.31. The molecule has 0 saturated carbocycles. The van der Waals surface area contributed by atoms with Gasteiger partial charge in [-0.3, -0.25) is 23.5 Å². The number of imidazole rings is 2. The van der Waals surface area contributed by atoms with Crippen LogP contribution in [0.2, 0.25) is 0 Å². The van der Waals surface area contributed by atoms with Crippen molar-refractivity contribution >= 4 is 86.0 Å². The molecule has 3 saturated heterocycles. The molecule has 36 heteroatoms. The van der Waals surface area contributed by atoms with Crippen molar-refractivity contribution in [3.8, 4) is 0 Å². The van der Waals surface area contributed by atoms with E-state index in [2.05, 4.69) is 66.5 Å². The SMILES string of the molecule is CC(C)[C@H](NC(=O)CN=[N+]=[N-])C(=O)N[C@@H](CCCNC(N)=O)C(=O)Nc1ccc(CNC(=O)O[C@@H]2[C@@H]3O[P+](=O)OCC4O[C@@H](n5cnc6c(N)ncnc65)[C@H](F)[C@@H]4O[P+](=O)OC[C@H]3O[C@H]2n2cnc3c(N)ncnc32)cc1. The van der Waals surface area contributed by atoms with Crippen molar-refractivity contribution in [3.63, 3.8) is 0 Å². The van der Waals surface area contributed by atoms with E-state index in [0.29, 0.717) is 5.56 Å². The van der Waals surface area contributed by atoms with Crippen LogP contribution in [-0.4, -0.2) is 144 Å². The molecule has 0 radical (unpaired) electrons. The number of hydrogen-bond acceptors (Lipinski definition) is 23. The lowest BCUT2D eigenvalue weighted by Crippen LogP contribution is -2.55. The predicted octanol–water partition coefficient (Wildman–Crippen LogP) is 1.71. The lowest BCUT2D eigenvalue weighted by atomic mass is 10.0. The van der Waals surface area contributed by atoms with Crippen LogP contribution in [0, 0.1) is 5.92 Å². The number of urea groups is 1. The Morgan fingerprint density at radius 2 is 1.44 bits per heavy atom. The van der Waals surface area contributed by atoms with E-state index in [4.69, 9.17) is 55.0 Å². The second-order valence-electron chi connectivity index (χ2n) is 17.5. The van der Waals surface area contributed by atoms with Crippen molar-refractivity contribution in [3.05, 3.63) is 65.6 Å². The van der Waals surface area contributed by atoms with Crippen LogP contribution in [0.5, 0.6) is 0 Å². The first kappa shape index (κ1) is 55.3. The third-order valence-electron chi connectivity index (χ3n) is 12.0. The number of benzene rings is 1. The van der Waals surface area contributed by atoms with Crippen LogP contribution in [0.1, 0.15) is 44.7 Å². The fourth-order valence-corrected chi connectivity index (χ4v) is 9.87. The molecule has 7 heterocycles. The van der Waals surface area contributed by atoms with Gasteiger partial charge < -0.3 is 58.0 Å². The van der Waals surface area contributed by atoms with Crippen LogP contribution in [0.4, 0.5) is 31.3 Å². The van der Waals surface area contributed by atoms with E-state index in [0.717, 1.165) is 12.7 Å². The molecule has 3 unspecified atom stereocenters. The molecule has 77 heavy (non-hydrogen) atoms. The number of carbonyl (C=O) groups excluding carboxylic acids is 5. The van der Waals surface area contributed by atoms with Crippen LogP contribution in [0.3, 0.4) is 0 Å². The highest BCUT2D eigenvalue weighted by molar-refractivity contribution is 7.33. The summed E-state index contributed by atoms with van der Waals surface area (Å²) in [4.78, 5) is 91.4. The van der Waals surface area contributed by atoms with Gasteiger partial charge in [0.1, 0.15) is 67.7 Å². The quantitative estimate of drug-likeness (QED) is 0.0216. The zero-order valence-corrected chi connectivity index (χ0v) is 42.3. The number of azide groups is 1. The summed E-state index contributed by atoms with van der Waals surface area (Å²) in [5.41, 5.74) is 27.1. The number of anilines is 3. The predicted molar refractivity (Wildman–Crippen MR) is 261 cm³/mol. The number of hydrogen-bond donors (Lipinski definition) is 8. The third-order valence-corrected chi connectivity index (χ3v) is 13.6. The average Bonchev–Trinajstić information content (AvgIpc) is 4.19. The maximum atomic E-state index is 16.2. The first-order valence-corrected chi connectivity index (χ1v) is 25.5. The first-order chi connectivity index (χ1) is 37.0. The standard InChI is InChI=1S/C41H48FN19O14P2/c1-18(2)26(58-24(62)11-55-59-46)37(64)57-21(4-3-9-47-40(45)65)36(63)56-20-7-5-19(6-8-20)10-48-41(66)73-31-30-23(72-39(31)61-17-54-28-33(44)50-15-52-35(28)61)13-70-76(67)74-29-22(12-69-77(68)75-30)71-38(25(29)42)60-16-53-27-32(43)49-14-51-34(27)60/h5-8,14-18,21-23,25-26,29-31,38-39H,3-4,9-13H2,1-2H3,(H9-2,43,44,45,47,48,49,50,51,52,56,57,58,62,63,64,65,66)/p+2/t21-,22?,23+,25+,26-,29+,30+,31+,38+,39+/m0/s1. The van der Waals surface area contributed by atoms with E-state index in [9.17, 15) is 33.1 Å². The summed E-state index contributed by atoms with van der Waals surface area (Å²) in [6.07, 6.45) is -8.09. The molecule has 6 amide bonds. The highest BCUT2D eigenvalue weighted by Gasteiger charge is 2.58. The molecular formula is C41H50FN19O14P2+2. The molecule has 0 aliphatic carbocycles. The molecule has 5 aromatic rings. The number of primary amides is 1. The van der Waals surface area contributed by atoms with Crippen LogP contribution >= 0.6 is 16.5 Å². The first-order valence-electron chi connectivity index (χ1n) is 23.3. The summed E-state index contributed by atoms with van der Waals surface area (Å²) in [5, 5.41) is 16.1. The monoisotopic (exact) mass is 1110 g/mol. The van der Waals surface area contributed by atoms with Gasteiger partial charge in [-0.1, -0.05) is 31.1 Å². The zero-order valence-electron chi connectivity index (χ0n) is 40.6. The third kappa shape index (κ3) is 13.2. The molecule has 1 aromatic carbocycles. The maximum Gasteiger partial charge on any atom is 0.698 e. The Hall–Kier alpha value is -7.93. The normalized spacial score (nSPS) is 24.3. The summed E-state index contributed by atoms with van der Waals surface area (Å²) >= 11 is 0. The highest BCUT2D eigenvalue weighted by atomic mass is 31.1. The lowest BCUT2D eigenvalue weighted by Gasteiger charge is -2.25. The summed E-state index contributed by atoms with van der Waals surface area (Å²) in [6, 6.07) is 3.13. The number of halogens is 1.